The molecule has 1 aromatic rings. The fourth-order valence-electron chi connectivity index (χ4n) is 2.86. The molecule has 0 aromatic heterocycles. The van der Waals surface area contributed by atoms with Crippen molar-refractivity contribution in [2.75, 3.05) is 7.11 Å². The van der Waals surface area contributed by atoms with Gasteiger partial charge in [0.2, 0.25) is 0 Å². The molecule has 2 aliphatic rings. The molecule has 1 heterocycles. The van der Waals surface area contributed by atoms with Crippen molar-refractivity contribution >= 4 is 17.9 Å². The first-order valence-corrected chi connectivity index (χ1v) is 5.93. The number of fused-ring (bicyclic) bond motifs is 2. The molecule has 0 saturated carbocycles. The molecule has 1 atom stereocenters. The second kappa shape index (κ2) is 3.81. The maximum atomic E-state index is 12.0. The summed E-state index contributed by atoms with van der Waals surface area (Å²) in [5.74, 6) is -0.795. The van der Waals surface area contributed by atoms with Crippen LogP contribution in [0.3, 0.4) is 0 Å². The molecule has 6 heteroatoms. The summed E-state index contributed by atoms with van der Waals surface area (Å²) in [6.07, 6.45) is 1.00. The van der Waals surface area contributed by atoms with Crippen molar-refractivity contribution in [2.45, 2.75) is 18.4 Å². The van der Waals surface area contributed by atoms with E-state index in [1.54, 1.807) is 18.2 Å². The Labute approximate surface area is 109 Å². The third kappa shape index (κ3) is 1.46. The third-order valence-corrected chi connectivity index (χ3v) is 3.73. The van der Waals surface area contributed by atoms with Gasteiger partial charge < -0.3 is 10.1 Å². The smallest absolute Gasteiger partial charge is 0.338 e. The van der Waals surface area contributed by atoms with Crippen LogP contribution in [0.2, 0.25) is 0 Å². The number of methoxy groups -OCH3 is 1. The molecule has 1 aromatic carbocycles. The highest BCUT2D eigenvalue weighted by Gasteiger charge is 2.52. The molecule has 1 aliphatic carbocycles. The molecular weight excluding hydrogens is 248 g/mol. The maximum Gasteiger partial charge on any atom is 0.338 e. The van der Waals surface area contributed by atoms with Gasteiger partial charge in [-0.05, 0) is 30.0 Å². The number of nitrogens with one attached hydrogen (secondary N) is 2. The highest BCUT2D eigenvalue weighted by molar-refractivity contribution is 6.08. The molecule has 3 amide bonds. The van der Waals surface area contributed by atoms with E-state index in [0.717, 1.165) is 5.56 Å². The fourth-order valence-corrected chi connectivity index (χ4v) is 2.86. The van der Waals surface area contributed by atoms with Crippen LogP contribution >= 0.6 is 0 Å². The standard InChI is InChI=1S/C13H12N2O4/c1-19-10(16)8-3-2-4-9-7(8)5-6-13(9)11(17)14-12(18)15-13/h2-4H,5-6H2,1H3,(H2,14,15,17,18). The first-order chi connectivity index (χ1) is 9.08. The van der Waals surface area contributed by atoms with Crippen LogP contribution in [0.1, 0.15) is 27.9 Å². The van der Waals surface area contributed by atoms with Crippen LogP contribution < -0.4 is 10.6 Å². The first-order valence-electron chi connectivity index (χ1n) is 5.93. The average molecular weight is 260 g/mol. The second-order valence-corrected chi connectivity index (χ2v) is 4.64. The van der Waals surface area contributed by atoms with Crippen molar-refractivity contribution in [3.05, 3.63) is 34.9 Å². The molecule has 1 fully saturated rings. The van der Waals surface area contributed by atoms with Crippen LogP contribution in [0.25, 0.3) is 0 Å². The monoisotopic (exact) mass is 260 g/mol. The average Bonchev–Trinajstić information content (AvgIpc) is 2.91. The van der Waals surface area contributed by atoms with Gasteiger partial charge in [0.1, 0.15) is 5.54 Å². The van der Waals surface area contributed by atoms with Crippen LogP contribution in [0.4, 0.5) is 4.79 Å². The molecule has 1 unspecified atom stereocenters. The summed E-state index contributed by atoms with van der Waals surface area (Å²) in [5, 5.41) is 4.92. The Kier molecular flexibility index (Phi) is 2.35. The molecule has 3 rings (SSSR count). The van der Waals surface area contributed by atoms with Crippen LogP contribution in [-0.2, 0) is 21.5 Å². The molecule has 1 aliphatic heterocycles. The van der Waals surface area contributed by atoms with E-state index in [4.69, 9.17) is 4.74 Å². The number of carbonyl (C=O) groups is 3. The molecule has 2 N–H and O–H groups in total. The highest BCUT2D eigenvalue weighted by Crippen LogP contribution is 2.40. The number of rotatable bonds is 1. The van der Waals surface area contributed by atoms with E-state index in [-0.39, 0.29) is 5.91 Å². The lowest BCUT2D eigenvalue weighted by Crippen LogP contribution is -2.41. The van der Waals surface area contributed by atoms with Gasteiger partial charge in [0, 0.05) is 0 Å². The molecule has 1 saturated heterocycles. The Morgan fingerprint density at radius 1 is 1.37 bits per heavy atom. The van der Waals surface area contributed by atoms with Crippen molar-refractivity contribution in [2.24, 2.45) is 0 Å². The molecule has 19 heavy (non-hydrogen) atoms. The van der Waals surface area contributed by atoms with Gasteiger partial charge in [0.05, 0.1) is 12.7 Å². The second-order valence-electron chi connectivity index (χ2n) is 4.64. The third-order valence-electron chi connectivity index (χ3n) is 3.73. The summed E-state index contributed by atoms with van der Waals surface area (Å²) in [7, 11) is 1.32. The van der Waals surface area contributed by atoms with Gasteiger partial charge in [-0.2, -0.15) is 0 Å². The van der Waals surface area contributed by atoms with Crippen molar-refractivity contribution in [1.29, 1.82) is 0 Å². The summed E-state index contributed by atoms with van der Waals surface area (Å²) < 4.78 is 4.73. The normalized spacial score (nSPS) is 24.1. The summed E-state index contributed by atoms with van der Waals surface area (Å²) in [5.41, 5.74) is 0.868. The number of urea groups is 1. The first kappa shape index (κ1) is 11.7. The van der Waals surface area contributed by atoms with E-state index < -0.39 is 17.5 Å². The van der Waals surface area contributed by atoms with Crippen LogP contribution in [0.15, 0.2) is 18.2 Å². The largest absolute Gasteiger partial charge is 0.465 e. The summed E-state index contributed by atoms with van der Waals surface area (Å²) in [6, 6.07) is 4.62. The number of esters is 1. The van der Waals surface area contributed by atoms with Crippen molar-refractivity contribution in [3.8, 4) is 0 Å². The van der Waals surface area contributed by atoms with Gasteiger partial charge in [-0.25, -0.2) is 9.59 Å². The Bertz CT molecular complexity index is 611. The van der Waals surface area contributed by atoms with Gasteiger partial charge >= 0.3 is 12.0 Å². The van der Waals surface area contributed by atoms with Crippen molar-refractivity contribution < 1.29 is 19.1 Å². The topological polar surface area (TPSA) is 84.5 Å². The zero-order chi connectivity index (χ0) is 13.6. The zero-order valence-corrected chi connectivity index (χ0v) is 10.3. The van der Waals surface area contributed by atoms with Gasteiger partial charge in [0.15, 0.2) is 0 Å². The molecule has 0 bridgehead atoms. The van der Waals surface area contributed by atoms with E-state index in [0.29, 0.717) is 24.0 Å². The van der Waals surface area contributed by atoms with Crippen LogP contribution in [-0.4, -0.2) is 25.0 Å². The lowest BCUT2D eigenvalue weighted by Gasteiger charge is -2.21. The van der Waals surface area contributed by atoms with E-state index in [1.165, 1.54) is 7.11 Å². The fraction of sp³-hybridized carbons (Fsp3) is 0.308. The Balaban J connectivity index is 2.14. The number of ether oxygens (including phenoxy) is 1. The molecule has 98 valence electrons. The van der Waals surface area contributed by atoms with Crippen molar-refractivity contribution in [3.63, 3.8) is 0 Å². The van der Waals surface area contributed by atoms with Gasteiger partial charge in [0.25, 0.3) is 5.91 Å². The van der Waals surface area contributed by atoms with Gasteiger partial charge in [-0.1, -0.05) is 12.1 Å². The predicted molar refractivity (Wildman–Crippen MR) is 64.5 cm³/mol. The van der Waals surface area contributed by atoms with Gasteiger partial charge in [-0.3, -0.25) is 10.1 Å². The Hall–Kier alpha value is -2.37. The van der Waals surface area contributed by atoms with E-state index in [2.05, 4.69) is 10.6 Å². The Morgan fingerprint density at radius 3 is 2.79 bits per heavy atom. The van der Waals surface area contributed by atoms with Gasteiger partial charge in [-0.15, -0.1) is 0 Å². The van der Waals surface area contributed by atoms with Crippen LogP contribution in [0, 0.1) is 0 Å². The zero-order valence-electron chi connectivity index (χ0n) is 10.3. The number of carbonyl (C=O) groups excluding carboxylic acids is 3. The quantitative estimate of drug-likeness (QED) is 0.567. The maximum absolute atomic E-state index is 12.0. The predicted octanol–water partition coefficient (Wildman–Crippen LogP) is 0.454. The number of imide groups is 1. The van der Waals surface area contributed by atoms with E-state index in [9.17, 15) is 14.4 Å². The minimum absolute atomic E-state index is 0.363. The minimum atomic E-state index is -1.03. The van der Waals surface area contributed by atoms with Crippen LogP contribution in [0.5, 0.6) is 0 Å². The number of amides is 3. The summed E-state index contributed by atoms with van der Waals surface area (Å²) in [4.78, 5) is 35.1. The van der Waals surface area contributed by atoms with Crippen molar-refractivity contribution in [1.82, 2.24) is 10.6 Å². The minimum Gasteiger partial charge on any atom is -0.465 e. The number of hydrogen-bond donors (Lipinski definition) is 2. The van der Waals surface area contributed by atoms with E-state index >= 15 is 0 Å². The SMILES string of the molecule is COC(=O)c1cccc2c1CCC21NC(=O)NC1=O. The number of benzene rings is 1. The molecular formula is C13H12N2O4. The molecule has 1 spiro atoms. The molecule has 0 radical (unpaired) electrons. The number of hydrogen-bond acceptors (Lipinski definition) is 4. The lowest BCUT2D eigenvalue weighted by atomic mass is 9.91. The highest BCUT2D eigenvalue weighted by atomic mass is 16.5. The summed E-state index contributed by atoms with van der Waals surface area (Å²) >= 11 is 0. The summed E-state index contributed by atoms with van der Waals surface area (Å²) in [6.45, 7) is 0. The van der Waals surface area contributed by atoms with E-state index in [1.807, 2.05) is 0 Å². The Morgan fingerprint density at radius 2 is 2.16 bits per heavy atom. The molecule has 6 nitrogen and oxygen atoms in total. The lowest BCUT2D eigenvalue weighted by molar-refractivity contribution is -0.124.